The van der Waals surface area contributed by atoms with Crippen LogP contribution in [0.2, 0.25) is 5.15 Å². The fourth-order valence-electron chi connectivity index (χ4n) is 1.38. The lowest BCUT2D eigenvalue weighted by atomic mass is 10.3. The van der Waals surface area contributed by atoms with E-state index in [9.17, 15) is 4.79 Å². The summed E-state index contributed by atoms with van der Waals surface area (Å²) in [4.78, 5) is 14.9. The predicted octanol–water partition coefficient (Wildman–Crippen LogP) is 3.49. The van der Waals surface area contributed by atoms with Crippen molar-refractivity contribution in [1.29, 1.82) is 0 Å². The number of anilines is 1. The van der Waals surface area contributed by atoms with Gasteiger partial charge >= 0.3 is 0 Å². The number of pyridine rings is 1. The van der Waals surface area contributed by atoms with Gasteiger partial charge in [0, 0.05) is 18.7 Å². The molecular weight excluding hydrogens is 252 g/mol. The third-order valence-electron chi connectivity index (χ3n) is 2.09. The van der Waals surface area contributed by atoms with Gasteiger partial charge in [-0.3, -0.25) is 4.79 Å². The number of hydrogen-bond donors (Lipinski definition) is 1. The number of ether oxygens (including phenoxy) is 1. The molecule has 0 saturated heterocycles. The SMILES string of the molecule is CC(=O)Nc1ccc(Oc2cccc(Cl)n2)cc1. The minimum absolute atomic E-state index is 0.111. The molecule has 1 N–H and O–H groups in total. The van der Waals surface area contributed by atoms with Crippen molar-refractivity contribution in [3.8, 4) is 11.6 Å². The molecule has 18 heavy (non-hydrogen) atoms. The number of aromatic nitrogens is 1. The lowest BCUT2D eigenvalue weighted by Crippen LogP contribution is -2.05. The second-order valence-corrected chi connectivity index (χ2v) is 3.99. The standard InChI is InChI=1S/C13H11ClN2O2/c1-9(17)15-10-5-7-11(8-6-10)18-13-4-2-3-12(14)16-13/h2-8H,1H3,(H,15,17). The van der Waals surface area contributed by atoms with Crippen LogP contribution in [-0.4, -0.2) is 10.9 Å². The molecule has 1 heterocycles. The van der Waals surface area contributed by atoms with Crippen LogP contribution in [0.5, 0.6) is 11.6 Å². The first-order chi connectivity index (χ1) is 8.63. The molecule has 1 aromatic carbocycles. The number of amides is 1. The van der Waals surface area contributed by atoms with Gasteiger partial charge in [-0.25, -0.2) is 4.98 Å². The topological polar surface area (TPSA) is 51.2 Å². The van der Waals surface area contributed by atoms with Crippen molar-refractivity contribution in [3.63, 3.8) is 0 Å². The van der Waals surface area contributed by atoms with Crippen LogP contribution in [0, 0.1) is 0 Å². The zero-order valence-electron chi connectivity index (χ0n) is 9.68. The summed E-state index contributed by atoms with van der Waals surface area (Å²) >= 11 is 5.75. The molecule has 0 aliphatic rings. The fraction of sp³-hybridized carbons (Fsp3) is 0.0769. The molecular formula is C13H11ClN2O2. The van der Waals surface area contributed by atoms with Crippen LogP contribution in [0.1, 0.15) is 6.92 Å². The van der Waals surface area contributed by atoms with E-state index >= 15 is 0 Å². The Hall–Kier alpha value is -2.07. The Kier molecular flexibility index (Phi) is 3.79. The number of rotatable bonds is 3. The largest absolute Gasteiger partial charge is 0.439 e. The van der Waals surface area contributed by atoms with Crippen molar-refractivity contribution in [1.82, 2.24) is 4.98 Å². The van der Waals surface area contributed by atoms with Gasteiger partial charge < -0.3 is 10.1 Å². The van der Waals surface area contributed by atoms with Crippen LogP contribution in [0.4, 0.5) is 5.69 Å². The normalized spacial score (nSPS) is 9.89. The maximum absolute atomic E-state index is 10.9. The molecule has 0 aliphatic heterocycles. The average Bonchev–Trinajstić information content (AvgIpc) is 2.31. The molecule has 0 radical (unpaired) electrons. The van der Waals surface area contributed by atoms with Crippen molar-refractivity contribution >= 4 is 23.2 Å². The first-order valence-electron chi connectivity index (χ1n) is 5.31. The van der Waals surface area contributed by atoms with Gasteiger partial charge in [0.15, 0.2) is 0 Å². The lowest BCUT2D eigenvalue weighted by molar-refractivity contribution is -0.114. The molecule has 2 aromatic rings. The summed E-state index contributed by atoms with van der Waals surface area (Å²) in [5.41, 5.74) is 0.717. The highest BCUT2D eigenvalue weighted by molar-refractivity contribution is 6.29. The molecule has 0 unspecified atom stereocenters. The van der Waals surface area contributed by atoms with Crippen molar-refractivity contribution < 1.29 is 9.53 Å². The third kappa shape index (κ3) is 3.46. The van der Waals surface area contributed by atoms with E-state index in [2.05, 4.69) is 10.3 Å². The van der Waals surface area contributed by atoms with Crippen LogP contribution in [0.25, 0.3) is 0 Å². The number of halogens is 1. The van der Waals surface area contributed by atoms with Crippen molar-refractivity contribution in [2.24, 2.45) is 0 Å². The Bertz CT molecular complexity index is 555. The maximum atomic E-state index is 10.9. The average molecular weight is 263 g/mol. The van der Waals surface area contributed by atoms with E-state index in [4.69, 9.17) is 16.3 Å². The zero-order valence-corrected chi connectivity index (χ0v) is 10.4. The van der Waals surface area contributed by atoms with Crippen LogP contribution >= 0.6 is 11.6 Å². The Morgan fingerprint density at radius 3 is 2.56 bits per heavy atom. The highest BCUT2D eigenvalue weighted by atomic mass is 35.5. The summed E-state index contributed by atoms with van der Waals surface area (Å²) in [6.07, 6.45) is 0. The highest BCUT2D eigenvalue weighted by Crippen LogP contribution is 2.22. The second kappa shape index (κ2) is 5.51. The quantitative estimate of drug-likeness (QED) is 0.862. The molecule has 0 atom stereocenters. The van der Waals surface area contributed by atoms with Gasteiger partial charge in [-0.2, -0.15) is 0 Å². The molecule has 1 aromatic heterocycles. The van der Waals surface area contributed by atoms with Crippen LogP contribution in [-0.2, 0) is 4.79 Å². The fourth-order valence-corrected chi connectivity index (χ4v) is 1.53. The summed E-state index contributed by atoms with van der Waals surface area (Å²) in [6, 6.07) is 12.1. The summed E-state index contributed by atoms with van der Waals surface area (Å²) in [6.45, 7) is 1.46. The molecule has 4 nitrogen and oxygen atoms in total. The number of carbonyl (C=O) groups is 1. The zero-order chi connectivity index (χ0) is 13.0. The summed E-state index contributed by atoms with van der Waals surface area (Å²) in [5.74, 6) is 0.939. The van der Waals surface area contributed by atoms with E-state index < -0.39 is 0 Å². The van der Waals surface area contributed by atoms with E-state index in [1.54, 1.807) is 42.5 Å². The van der Waals surface area contributed by atoms with Crippen LogP contribution in [0.3, 0.4) is 0 Å². The third-order valence-corrected chi connectivity index (χ3v) is 2.30. The predicted molar refractivity (Wildman–Crippen MR) is 70.1 cm³/mol. The van der Waals surface area contributed by atoms with Gasteiger partial charge in [-0.1, -0.05) is 17.7 Å². The van der Waals surface area contributed by atoms with Crippen molar-refractivity contribution in [2.75, 3.05) is 5.32 Å². The monoisotopic (exact) mass is 262 g/mol. The van der Waals surface area contributed by atoms with E-state index in [1.165, 1.54) is 6.92 Å². The number of hydrogen-bond acceptors (Lipinski definition) is 3. The molecule has 0 fully saturated rings. The van der Waals surface area contributed by atoms with Crippen LogP contribution < -0.4 is 10.1 Å². The van der Waals surface area contributed by atoms with E-state index in [1.807, 2.05) is 0 Å². The van der Waals surface area contributed by atoms with Gasteiger partial charge in [0.2, 0.25) is 11.8 Å². The number of nitrogens with one attached hydrogen (secondary N) is 1. The van der Waals surface area contributed by atoms with E-state index in [0.717, 1.165) is 0 Å². The second-order valence-electron chi connectivity index (χ2n) is 3.61. The van der Waals surface area contributed by atoms with Crippen LogP contribution in [0.15, 0.2) is 42.5 Å². The van der Waals surface area contributed by atoms with Gasteiger partial charge in [0.25, 0.3) is 0 Å². The first kappa shape index (κ1) is 12.4. The Morgan fingerprint density at radius 1 is 1.22 bits per heavy atom. The lowest BCUT2D eigenvalue weighted by Gasteiger charge is -2.06. The summed E-state index contributed by atoms with van der Waals surface area (Å²) in [5, 5.41) is 3.05. The number of benzene rings is 1. The van der Waals surface area contributed by atoms with Gasteiger partial charge in [0.1, 0.15) is 10.9 Å². The number of carbonyl (C=O) groups excluding carboxylic acids is 1. The maximum Gasteiger partial charge on any atom is 0.221 e. The molecule has 1 amide bonds. The van der Waals surface area contributed by atoms with Gasteiger partial charge in [-0.05, 0) is 30.3 Å². The molecule has 0 aliphatic carbocycles. The molecule has 92 valence electrons. The van der Waals surface area contributed by atoms with Gasteiger partial charge in [0.05, 0.1) is 0 Å². The highest BCUT2D eigenvalue weighted by Gasteiger charge is 2.00. The Morgan fingerprint density at radius 2 is 1.94 bits per heavy atom. The summed E-state index contributed by atoms with van der Waals surface area (Å²) < 4.78 is 5.51. The van der Waals surface area contributed by atoms with Crippen molar-refractivity contribution in [3.05, 3.63) is 47.6 Å². The van der Waals surface area contributed by atoms with E-state index in [-0.39, 0.29) is 5.91 Å². The van der Waals surface area contributed by atoms with Crippen molar-refractivity contribution in [2.45, 2.75) is 6.92 Å². The molecule has 0 saturated carbocycles. The molecule has 2 rings (SSSR count). The molecule has 0 bridgehead atoms. The Balaban J connectivity index is 2.08. The molecule has 0 spiro atoms. The number of nitrogens with zero attached hydrogens (tertiary/aromatic N) is 1. The minimum Gasteiger partial charge on any atom is -0.439 e. The van der Waals surface area contributed by atoms with E-state index in [0.29, 0.717) is 22.5 Å². The Labute approximate surface area is 110 Å². The summed E-state index contributed by atoms with van der Waals surface area (Å²) in [7, 11) is 0. The minimum atomic E-state index is -0.111. The molecule has 5 heteroatoms. The smallest absolute Gasteiger partial charge is 0.221 e. The van der Waals surface area contributed by atoms with Gasteiger partial charge in [-0.15, -0.1) is 0 Å². The first-order valence-corrected chi connectivity index (χ1v) is 5.69.